The molecule has 2 rings (SSSR count). The van der Waals surface area contributed by atoms with Gasteiger partial charge in [-0.05, 0) is 12.1 Å². The van der Waals surface area contributed by atoms with Crippen molar-refractivity contribution in [1.29, 1.82) is 0 Å². The molecule has 0 radical (unpaired) electrons. The Morgan fingerprint density at radius 2 is 2.14 bits per heavy atom. The number of nitrogen functional groups attached to an aromatic ring is 1. The maximum Gasteiger partial charge on any atom is 0.418 e. The summed E-state index contributed by atoms with van der Waals surface area (Å²) >= 11 is 1.33. The summed E-state index contributed by atoms with van der Waals surface area (Å²) in [5.74, 6) is 4.49. The van der Waals surface area contributed by atoms with Crippen LogP contribution < -0.4 is 16.6 Å². The Hall–Kier alpha value is -2.13. The lowest BCUT2D eigenvalue weighted by molar-refractivity contribution is -0.137. The van der Waals surface area contributed by atoms with E-state index in [2.05, 4.69) is 10.3 Å². The zero-order chi connectivity index (χ0) is 15.5. The van der Waals surface area contributed by atoms with E-state index in [4.69, 9.17) is 5.84 Å². The average molecular weight is 316 g/mol. The number of anilines is 1. The predicted octanol–water partition coefficient (Wildman–Crippen LogP) is 2.38. The van der Waals surface area contributed by atoms with E-state index in [-0.39, 0.29) is 12.1 Å². The van der Waals surface area contributed by atoms with Crippen LogP contribution in [-0.4, -0.2) is 10.9 Å². The van der Waals surface area contributed by atoms with Crippen LogP contribution in [0.1, 0.15) is 20.8 Å². The third kappa shape index (κ3) is 3.50. The van der Waals surface area contributed by atoms with Crippen LogP contribution >= 0.6 is 11.3 Å². The van der Waals surface area contributed by atoms with Gasteiger partial charge in [0.1, 0.15) is 0 Å². The van der Waals surface area contributed by atoms with Gasteiger partial charge in [0.2, 0.25) is 0 Å². The minimum absolute atomic E-state index is 0.170. The monoisotopic (exact) mass is 316 g/mol. The van der Waals surface area contributed by atoms with Gasteiger partial charge in [-0.1, -0.05) is 6.07 Å². The molecule has 0 aliphatic rings. The molecule has 0 spiro atoms. The topological polar surface area (TPSA) is 80.0 Å². The number of nitrogens with one attached hydrogen (secondary N) is 2. The second-order valence-corrected chi connectivity index (χ2v) is 4.99. The molecule has 0 aliphatic heterocycles. The Morgan fingerprint density at radius 3 is 2.71 bits per heavy atom. The molecular formula is C12H11F3N4OS. The van der Waals surface area contributed by atoms with Gasteiger partial charge in [-0.3, -0.25) is 15.6 Å². The summed E-state index contributed by atoms with van der Waals surface area (Å²) in [4.78, 5) is 16.6. The molecule has 0 saturated heterocycles. The number of alkyl halides is 3. The number of hydrogen-bond acceptors (Lipinski definition) is 5. The fourth-order valence-corrected chi connectivity index (χ4v) is 2.26. The number of nitrogens with two attached hydrogens (primary N) is 1. The molecular weight excluding hydrogens is 305 g/mol. The summed E-state index contributed by atoms with van der Waals surface area (Å²) < 4.78 is 38.6. The molecule has 1 amide bonds. The molecule has 112 valence electrons. The zero-order valence-corrected chi connectivity index (χ0v) is 11.4. The van der Waals surface area contributed by atoms with E-state index in [1.165, 1.54) is 17.4 Å². The smallest absolute Gasteiger partial charge is 0.347 e. The standard InChI is InChI=1S/C12H11F3N4OS/c13-12(14,15)9-3-1-2-8(10(9)19-16)11(20)18-5-7-4-17-6-21-7/h1-4,6,19H,5,16H2,(H,18,20). The zero-order valence-electron chi connectivity index (χ0n) is 10.6. The van der Waals surface area contributed by atoms with Crippen molar-refractivity contribution in [3.63, 3.8) is 0 Å². The maximum absolute atomic E-state index is 12.9. The second-order valence-electron chi connectivity index (χ2n) is 4.02. The average Bonchev–Trinajstić information content (AvgIpc) is 2.96. The lowest BCUT2D eigenvalue weighted by Gasteiger charge is -2.15. The first-order valence-electron chi connectivity index (χ1n) is 5.76. The summed E-state index contributed by atoms with van der Waals surface area (Å²) in [6, 6.07) is 3.28. The first-order valence-corrected chi connectivity index (χ1v) is 6.64. The lowest BCUT2D eigenvalue weighted by atomic mass is 10.1. The van der Waals surface area contributed by atoms with E-state index in [1.807, 2.05) is 5.43 Å². The number of thiazole rings is 1. The summed E-state index contributed by atoms with van der Waals surface area (Å²) in [7, 11) is 0. The van der Waals surface area contributed by atoms with Crippen molar-refractivity contribution in [1.82, 2.24) is 10.3 Å². The number of carbonyl (C=O) groups excluding carboxylic acids is 1. The number of aromatic nitrogens is 1. The lowest BCUT2D eigenvalue weighted by Crippen LogP contribution is -2.26. The predicted molar refractivity (Wildman–Crippen MR) is 72.5 cm³/mol. The molecule has 0 bridgehead atoms. The SMILES string of the molecule is NNc1c(C(=O)NCc2cncs2)cccc1C(F)(F)F. The van der Waals surface area contributed by atoms with Crippen molar-refractivity contribution < 1.29 is 18.0 Å². The molecule has 4 N–H and O–H groups in total. The first-order chi connectivity index (χ1) is 9.93. The Labute approximate surface area is 122 Å². The van der Waals surface area contributed by atoms with E-state index in [0.717, 1.165) is 17.0 Å². The van der Waals surface area contributed by atoms with Crippen molar-refractivity contribution in [3.8, 4) is 0 Å². The molecule has 0 aliphatic carbocycles. The first kappa shape index (κ1) is 15.3. The van der Waals surface area contributed by atoms with Crippen LogP contribution in [0.2, 0.25) is 0 Å². The molecule has 0 saturated carbocycles. The maximum atomic E-state index is 12.9. The Balaban J connectivity index is 2.24. The third-order valence-corrected chi connectivity index (χ3v) is 3.45. The van der Waals surface area contributed by atoms with Gasteiger partial charge in [0, 0.05) is 11.1 Å². The molecule has 1 heterocycles. The number of amides is 1. The molecule has 9 heteroatoms. The highest BCUT2D eigenvalue weighted by atomic mass is 32.1. The van der Waals surface area contributed by atoms with E-state index in [9.17, 15) is 18.0 Å². The second kappa shape index (κ2) is 6.10. The van der Waals surface area contributed by atoms with Crippen LogP contribution in [0.4, 0.5) is 18.9 Å². The fraction of sp³-hybridized carbons (Fsp3) is 0.167. The van der Waals surface area contributed by atoms with Gasteiger partial charge in [-0.15, -0.1) is 11.3 Å². The Morgan fingerprint density at radius 1 is 1.38 bits per heavy atom. The highest BCUT2D eigenvalue weighted by molar-refractivity contribution is 7.09. The van der Waals surface area contributed by atoms with Crippen LogP contribution in [-0.2, 0) is 12.7 Å². The Bertz CT molecular complexity index is 628. The van der Waals surface area contributed by atoms with Gasteiger partial charge in [-0.2, -0.15) is 13.2 Å². The van der Waals surface area contributed by atoms with Gasteiger partial charge >= 0.3 is 6.18 Å². The summed E-state index contributed by atoms with van der Waals surface area (Å²) in [6.07, 6.45) is -3.03. The number of carbonyl (C=O) groups is 1. The molecule has 0 fully saturated rings. The fourth-order valence-electron chi connectivity index (χ4n) is 1.73. The van der Waals surface area contributed by atoms with Crippen molar-refractivity contribution in [2.75, 3.05) is 5.43 Å². The van der Waals surface area contributed by atoms with Gasteiger partial charge in [-0.25, -0.2) is 0 Å². The number of hydrogen-bond donors (Lipinski definition) is 3. The van der Waals surface area contributed by atoms with E-state index >= 15 is 0 Å². The van der Waals surface area contributed by atoms with E-state index < -0.39 is 23.3 Å². The number of nitrogens with zero attached hydrogens (tertiary/aromatic N) is 1. The number of hydrazine groups is 1. The van der Waals surface area contributed by atoms with Crippen LogP contribution in [0.25, 0.3) is 0 Å². The minimum Gasteiger partial charge on any atom is -0.347 e. The minimum atomic E-state index is -4.60. The third-order valence-electron chi connectivity index (χ3n) is 2.67. The van der Waals surface area contributed by atoms with Gasteiger partial charge in [0.15, 0.2) is 0 Å². The largest absolute Gasteiger partial charge is 0.418 e. The molecule has 0 unspecified atom stereocenters. The quantitative estimate of drug-likeness (QED) is 0.597. The van der Waals surface area contributed by atoms with Crippen LogP contribution in [0.5, 0.6) is 0 Å². The summed E-state index contributed by atoms with van der Waals surface area (Å²) in [5, 5.41) is 2.52. The molecule has 5 nitrogen and oxygen atoms in total. The molecule has 2 aromatic rings. The van der Waals surface area contributed by atoms with E-state index in [0.29, 0.717) is 0 Å². The highest BCUT2D eigenvalue weighted by Crippen LogP contribution is 2.36. The van der Waals surface area contributed by atoms with Gasteiger partial charge in [0.05, 0.1) is 28.9 Å². The highest BCUT2D eigenvalue weighted by Gasteiger charge is 2.35. The normalized spacial score (nSPS) is 11.2. The van der Waals surface area contributed by atoms with Crippen molar-refractivity contribution >= 4 is 22.9 Å². The van der Waals surface area contributed by atoms with E-state index in [1.54, 1.807) is 11.7 Å². The molecule has 1 aromatic heterocycles. The molecule has 21 heavy (non-hydrogen) atoms. The number of para-hydroxylation sites is 1. The molecule has 1 aromatic carbocycles. The molecule has 0 atom stereocenters. The number of rotatable bonds is 4. The summed E-state index contributed by atoms with van der Waals surface area (Å²) in [6.45, 7) is 0.184. The Kier molecular flexibility index (Phi) is 4.43. The van der Waals surface area contributed by atoms with Crippen molar-refractivity contribution in [2.24, 2.45) is 5.84 Å². The van der Waals surface area contributed by atoms with Crippen LogP contribution in [0, 0.1) is 0 Å². The number of benzene rings is 1. The van der Waals surface area contributed by atoms with Crippen molar-refractivity contribution in [2.45, 2.75) is 12.7 Å². The number of halogens is 3. The van der Waals surface area contributed by atoms with Crippen LogP contribution in [0.15, 0.2) is 29.9 Å². The van der Waals surface area contributed by atoms with Gasteiger partial charge < -0.3 is 10.7 Å². The van der Waals surface area contributed by atoms with Crippen molar-refractivity contribution in [3.05, 3.63) is 45.9 Å². The van der Waals surface area contributed by atoms with Gasteiger partial charge in [0.25, 0.3) is 5.91 Å². The summed E-state index contributed by atoms with van der Waals surface area (Å²) in [5.41, 5.74) is 1.94. The van der Waals surface area contributed by atoms with Crippen LogP contribution in [0.3, 0.4) is 0 Å².